The van der Waals surface area contributed by atoms with E-state index in [0.717, 1.165) is 32.1 Å². The molecule has 0 aromatic heterocycles. The predicted octanol–water partition coefficient (Wildman–Crippen LogP) is 4.17. The van der Waals surface area contributed by atoms with Crippen molar-refractivity contribution in [1.82, 2.24) is 10.6 Å². The van der Waals surface area contributed by atoms with Gasteiger partial charge in [0.1, 0.15) is 0 Å². The Morgan fingerprint density at radius 1 is 1.09 bits per heavy atom. The van der Waals surface area contributed by atoms with E-state index >= 15 is 0 Å². The van der Waals surface area contributed by atoms with Gasteiger partial charge in [-0.3, -0.25) is 14.4 Å². The number of fused-ring (bicyclic) bond motifs is 5. The van der Waals surface area contributed by atoms with Crippen molar-refractivity contribution in [3.05, 3.63) is 12.2 Å². The maximum absolute atomic E-state index is 13.2. The molecule has 3 fully saturated rings. The molecule has 5 nitrogen and oxygen atoms in total. The molecular weight excluding hydrogens is 433 g/mol. The minimum absolute atomic E-state index is 0.0396. The summed E-state index contributed by atoms with van der Waals surface area (Å²) in [7, 11) is 0. The third-order valence-corrected chi connectivity index (χ3v) is 9.53. The summed E-state index contributed by atoms with van der Waals surface area (Å²) < 4.78 is 39.2. The maximum atomic E-state index is 13.2. The number of halogens is 3. The van der Waals surface area contributed by atoms with Crippen molar-refractivity contribution in [2.45, 2.75) is 84.5 Å². The van der Waals surface area contributed by atoms with E-state index in [9.17, 15) is 27.6 Å². The number of rotatable bonds is 4. The summed E-state index contributed by atoms with van der Waals surface area (Å²) >= 11 is 0. The second-order valence-corrected chi connectivity index (χ2v) is 11.5. The van der Waals surface area contributed by atoms with Crippen LogP contribution in [0.2, 0.25) is 0 Å². The van der Waals surface area contributed by atoms with E-state index in [1.165, 1.54) is 13.8 Å². The molecule has 0 saturated heterocycles. The number of hydrogen-bond donors (Lipinski definition) is 2. The lowest BCUT2D eigenvalue weighted by Crippen LogP contribution is -2.60. The van der Waals surface area contributed by atoms with Crippen molar-refractivity contribution >= 4 is 17.6 Å². The topological polar surface area (TPSA) is 75.3 Å². The monoisotopic (exact) mass is 468 g/mol. The molecule has 3 aliphatic carbocycles. The van der Waals surface area contributed by atoms with Gasteiger partial charge in [0.15, 0.2) is 0 Å². The Balaban J connectivity index is 1.53. The van der Waals surface area contributed by atoms with Gasteiger partial charge in [-0.15, -0.1) is 0 Å². The number of amides is 2. The van der Waals surface area contributed by atoms with Crippen LogP contribution in [-0.2, 0) is 14.4 Å². The molecule has 184 valence electrons. The van der Waals surface area contributed by atoms with Crippen LogP contribution in [0.5, 0.6) is 0 Å². The maximum Gasteiger partial charge on any atom is 0.452 e. The number of nitrogens with one attached hydrogen (secondary N) is 2. The lowest BCUT2D eigenvalue weighted by atomic mass is 9.48. The van der Waals surface area contributed by atoms with Crippen molar-refractivity contribution in [3.63, 3.8) is 0 Å². The van der Waals surface area contributed by atoms with Gasteiger partial charge in [0.2, 0.25) is 11.8 Å². The third kappa shape index (κ3) is 3.91. The quantitative estimate of drug-likeness (QED) is 0.650. The van der Waals surface area contributed by atoms with Crippen LogP contribution in [0.25, 0.3) is 0 Å². The number of alkyl halides is 3. The van der Waals surface area contributed by atoms with E-state index in [0.29, 0.717) is 24.2 Å². The van der Waals surface area contributed by atoms with Gasteiger partial charge in [-0.2, -0.15) is 13.2 Å². The van der Waals surface area contributed by atoms with Gasteiger partial charge < -0.3 is 10.6 Å². The smallest absolute Gasteiger partial charge is 0.349 e. The van der Waals surface area contributed by atoms with Crippen molar-refractivity contribution in [2.75, 3.05) is 0 Å². The van der Waals surface area contributed by atoms with E-state index in [4.69, 9.17) is 0 Å². The second-order valence-electron chi connectivity index (χ2n) is 11.5. The highest BCUT2D eigenvalue weighted by atomic mass is 19.4. The van der Waals surface area contributed by atoms with Crippen molar-refractivity contribution in [3.8, 4) is 0 Å². The zero-order chi connectivity index (χ0) is 24.3. The van der Waals surface area contributed by atoms with Gasteiger partial charge in [-0.25, -0.2) is 0 Å². The van der Waals surface area contributed by atoms with Crippen LogP contribution in [0.3, 0.4) is 0 Å². The summed E-state index contributed by atoms with van der Waals surface area (Å²) in [4.78, 5) is 37.1. The van der Waals surface area contributed by atoms with Crippen LogP contribution < -0.4 is 10.6 Å². The first-order valence-corrected chi connectivity index (χ1v) is 12.2. The molecule has 3 saturated carbocycles. The van der Waals surface area contributed by atoms with Crippen molar-refractivity contribution < 1.29 is 27.6 Å². The van der Waals surface area contributed by atoms with Gasteiger partial charge in [0.25, 0.3) is 5.78 Å². The van der Waals surface area contributed by atoms with E-state index in [-0.39, 0.29) is 22.8 Å². The minimum Gasteiger partial charge on any atom is -0.349 e. The van der Waals surface area contributed by atoms with Crippen LogP contribution in [0, 0.1) is 40.4 Å². The molecule has 1 aliphatic heterocycles. The molecule has 0 spiro atoms. The summed E-state index contributed by atoms with van der Waals surface area (Å²) in [6.07, 6.45) is 3.86. The molecule has 2 N–H and O–H groups in total. The molecule has 4 aliphatic rings. The van der Waals surface area contributed by atoms with Gasteiger partial charge >= 0.3 is 6.18 Å². The first kappa shape index (κ1) is 24.3. The van der Waals surface area contributed by atoms with Gasteiger partial charge in [-0.1, -0.05) is 33.8 Å². The fraction of sp³-hybridized carbons (Fsp3) is 0.800. The van der Waals surface area contributed by atoms with Crippen LogP contribution in [0.15, 0.2) is 12.2 Å². The highest BCUT2D eigenvalue weighted by Gasteiger charge is 2.61. The minimum atomic E-state index is -4.97. The molecule has 8 atom stereocenters. The highest BCUT2D eigenvalue weighted by molar-refractivity contribution is 5.93. The molecule has 33 heavy (non-hydrogen) atoms. The van der Waals surface area contributed by atoms with Crippen molar-refractivity contribution in [1.29, 1.82) is 0 Å². The Bertz CT molecular complexity index is 869. The summed E-state index contributed by atoms with van der Waals surface area (Å²) in [5.74, 6) is -2.24. The number of carbonyl (C=O) groups is 3. The molecule has 0 radical (unpaired) electrons. The molecular formula is C25H35F3N2O3. The SMILES string of the molecule is CC(C)C(NC(=O)C1CC[C@H]2[C@@H]3CCC4NC(=O)C=C[C@]4(C)[C@@H]3CC[C@]12C)C(=O)C(F)(F)F. The molecule has 8 heteroatoms. The Hall–Kier alpha value is -1.86. The summed E-state index contributed by atoms with van der Waals surface area (Å²) in [6, 6.07) is -1.43. The van der Waals surface area contributed by atoms with E-state index in [1.54, 1.807) is 6.08 Å². The Morgan fingerprint density at radius 3 is 2.42 bits per heavy atom. The average molecular weight is 469 g/mol. The van der Waals surface area contributed by atoms with Crippen LogP contribution >= 0.6 is 0 Å². The predicted molar refractivity (Wildman–Crippen MR) is 117 cm³/mol. The zero-order valence-corrected chi connectivity index (χ0v) is 19.8. The zero-order valence-electron chi connectivity index (χ0n) is 19.8. The van der Waals surface area contributed by atoms with Crippen LogP contribution in [0.4, 0.5) is 13.2 Å². The molecule has 0 aromatic carbocycles. The number of ketones is 1. The molecule has 4 rings (SSSR count). The first-order valence-electron chi connectivity index (χ1n) is 12.2. The lowest BCUT2D eigenvalue weighted by Gasteiger charge is -2.58. The summed E-state index contributed by atoms with van der Waals surface area (Å²) in [5, 5.41) is 5.61. The molecule has 1 heterocycles. The van der Waals surface area contributed by atoms with Crippen LogP contribution in [0.1, 0.15) is 66.2 Å². The lowest BCUT2D eigenvalue weighted by molar-refractivity contribution is -0.175. The Morgan fingerprint density at radius 2 is 1.79 bits per heavy atom. The van der Waals surface area contributed by atoms with Gasteiger partial charge in [0, 0.05) is 17.4 Å². The van der Waals surface area contributed by atoms with Gasteiger partial charge in [-0.05, 0) is 73.7 Å². The number of carbonyl (C=O) groups excluding carboxylic acids is 3. The fourth-order valence-electron chi connectivity index (χ4n) is 7.73. The summed E-state index contributed by atoms with van der Waals surface area (Å²) in [5.41, 5.74) is -0.404. The first-order chi connectivity index (χ1) is 15.3. The van der Waals surface area contributed by atoms with Gasteiger partial charge in [0.05, 0.1) is 6.04 Å². The largest absolute Gasteiger partial charge is 0.452 e. The standard InChI is InChI=1S/C25H35F3N2O3/c1-13(2)20(21(32)25(26,27)28)30-22(33)17-7-6-15-14-5-8-18-24(4,12-10-19(31)29-18)16(14)9-11-23(15,17)3/h10,12-18,20H,5-9,11H2,1-4H3,(H,29,31)(H,30,33)/t14-,15-,16+,17?,18?,20?,23-,24+/m0/s1. The molecule has 2 amide bonds. The Labute approximate surface area is 193 Å². The van der Waals surface area contributed by atoms with E-state index in [1.807, 2.05) is 0 Å². The van der Waals surface area contributed by atoms with E-state index < -0.39 is 35.7 Å². The molecule has 0 aromatic rings. The fourth-order valence-corrected chi connectivity index (χ4v) is 7.73. The normalized spacial score (nSPS) is 41.0. The average Bonchev–Trinajstić information content (AvgIpc) is 3.08. The van der Waals surface area contributed by atoms with E-state index in [2.05, 4.69) is 30.6 Å². The second kappa shape index (κ2) is 8.12. The molecule has 0 bridgehead atoms. The van der Waals surface area contributed by atoms with Crippen LogP contribution in [-0.4, -0.2) is 35.9 Å². The number of hydrogen-bond acceptors (Lipinski definition) is 3. The van der Waals surface area contributed by atoms with Crippen molar-refractivity contribution in [2.24, 2.45) is 40.4 Å². The Kier molecular flexibility index (Phi) is 5.97. The summed E-state index contributed by atoms with van der Waals surface area (Å²) in [6.45, 7) is 7.39. The molecule has 3 unspecified atom stereocenters. The third-order valence-electron chi connectivity index (χ3n) is 9.53. The highest BCUT2D eigenvalue weighted by Crippen LogP contribution is 2.65. The number of Topliss-reactive ketones (excluding diaryl/α,β-unsaturated/α-hetero) is 1.